The van der Waals surface area contributed by atoms with Crippen molar-refractivity contribution in [1.29, 1.82) is 0 Å². The van der Waals surface area contributed by atoms with Gasteiger partial charge in [0.2, 0.25) is 11.8 Å². The Labute approximate surface area is 246 Å². The molecule has 0 aliphatic carbocycles. The van der Waals surface area contributed by atoms with Crippen LogP contribution in [-0.4, -0.2) is 96.8 Å². The van der Waals surface area contributed by atoms with Gasteiger partial charge >= 0.3 is 18.2 Å². The number of carbonyl (C=O) groups is 6. The average molecular weight is 596 g/mol. The molecule has 2 aliphatic heterocycles. The van der Waals surface area contributed by atoms with Crippen LogP contribution in [0.1, 0.15) is 72.6 Å². The Hall–Kier alpha value is -3.84. The summed E-state index contributed by atoms with van der Waals surface area (Å²) < 4.78 is 15.9. The monoisotopic (exact) mass is 595 g/mol. The van der Waals surface area contributed by atoms with Crippen LogP contribution in [0.4, 0.5) is 9.59 Å². The van der Waals surface area contributed by atoms with E-state index >= 15 is 0 Å². The van der Waals surface area contributed by atoms with Crippen LogP contribution in [0, 0.1) is 0 Å². The minimum Gasteiger partial charge on any atom is -0.450 e. The minimum absolute atomic E-state index is 0.0154. The number of cyclic esters (lactones) is 1. The van der Waals surface area contributed by atoms with Crippen molar-refractivity contribution in [2.75, 3.05) is 26.2 Å². The lowest BCUT2D eigenvalue weighted by atomic mass is 10.0. The summed E-state index contributed by atoms with van der Waals surface area (Å²) in [5, 5.41) is 10.7. The SMILES string of the molecule is C=CCNC(=O)C(OC(C)=O)[C@@H]1CCCCNC(=O)OCCC[C@H](NC(=O)OC(C)(C)C)C(=O)N2CCC[C@H]2C(=O)N1. The van der Waals surface area contributed by atoms with Gasteiger partial charge in [0.25, 0.3) is 5.91 Å². The maximum Gasteiger partial charge on any atom is 0.408 e. The second kappa shape index (κ2) is 16.6. The second-order valence-corrected chi connectivity index (χ2v) is 11.3. The number of hydrogen-bond donors (Lipinski definition) is 4. The number of esters is 1. The summed E-state index contributed by atoms with van der Waals surface area (Å²) in [6.45, 7) is 10.5. The van der Waals surface area contributed by atoms with E-state index in [2.05, 4.69) is 27.8 Å². The summed E-state index contributed by atoms with van der Waals surface area (Å²) in [6, 6.07) is -2.82. The molecule has 2 fully saturated rings. The molecule has 2 heterocycles. The molecule has 2 aliphatic rings. The van der Waals surface area contributed by atoms with E-state index in [9.17, 15) is 28.8 Å². The fourth-order valence-electron chi connectivity index (χ4n) is 4.74. The van der Waals surface area contributed by atoms with Gasteiger partial charge in [0.15, 0.2) is 6.10 Å². The maximum absolute atomic E-state index is 13.7. The molecule has 4 atom stereocenters. The number of alkyl carbamates (subject to hydrolysis) is 2. The molecule has 2 rings (SSSR count). The second-order valence-electron chi connectivity index (χ2n) is 11.3. The third-order valence-electron chi connectivity index (χ3n) is 6.57. The van der Waals surface area contributed by atoms with Crippen LogP contribution < -0.4 is 21.3 Å². The van der Waals surface area contributed by atoms with E-state index in [0.717, 1.165) is 0 Å². The molecule has 4 N–H and O–H groups in total. The molecule has 0 spiro atoms. The Morgan fingerprint density at radius 2 is 1.86 bits per heavy atom. The maximum atomic E-state index is 13.7. The standard InChI is InChI=1S/C28H45N5O9/c1-6-14-29-24(36)22(41-18(2)34)19-11-7-8-15-30-26(38)40-17-10-12-20(32-27(39)42-28(3,4)5)25(37)33-16-9-13-21(33)23(35)31-19/h6,19-22H,1,7-17H2,2-5H3,(H,29,36)(H,30,38)(H,31,35)(H,32,39)/t19-,20-,21-,22?/m0/s1. The molecular weight excluding hydrogens is 550 g/mol. The molecule has 0 aromatic rings. The molecule has 0 aromatic heterocycles. The predicted molar refractivity (Wildman–Crippen MR) is 151 cm³/mol. The van der Waals surface area contributed by atoms with Crippen LogP contribution in [0.5, 0.6) is 0 Å². The summed E-state index contributed by atoms with van der Waals surface area (Å²) in [7, 11) is 0. The smallest absolute Gasteiger partial charge is 0.408 e. The third-order valence-corrected chi connectivity index (χ3v) is 6.57. The van der Waals surface area contributed by atoms with Crippen LogP contribution in [-0.2, 0) is 33.4 Å². The zero-order valence-corrected chi connectivity index (χ0v) is 25.0. The summed E-state index contributed by atoms with van der Waals surface area (Å²) in [6.07, 6.45) is 1.24. The van der Waals surface area contributed by atoms with Crippen LogP contribution >= 0.6 is 0 Å². The van der Waals surface area contributed by atoms with Gasteiger partial charge in [0, 0.05) is 26.6 Å². The number of fused-ring (bicyclic) bond motifs is 1. The molecule has 0 radical (unpaired) electrons. The number of rotatable bonds is 6. The van der Waals surface area contributed by atoms with Gasteiger partial charge in [-0.1, -0.05) is 6.08 Å². The lowest BCUT2D eigenvalue weighted by molar-refractivity contribution is -0.156. The van der Waals surface area contributed by atoms with E-state index in [4.69, 9.17) is 14.2 Å². The summed E-state index contributed by atoms with van der Waals surface area (Å²) in [5.74, 6) is -2.30. The van der Waals surface area contributed by atoms with Crippen LogP contribution in [0.15, 0.2) is 12.7 Å². The Morgan fingerprint density at radius 3 is 2.52 bits per heavy atom. The zero-order valence-electron chi connectivity index (χ0n) is 25.0. The molecule has 2 saturated heterocycles. The first-order valence-electron chi connectivity index (χ1n) is 14.4. The molecule has 1 unspecified atom stereocenters. The van der Waals surface area contributed by atoms with Gasteiger partial charge in [-0.25, -0.2) is 9.59 Å². The van der Waals surface area contributed by atoms with Crippen molar-refractivity contribution >= 4 is 35.9 Å². The highest BCUT2D eigenvalue weighted by Crippen LogP contribution is 2.21. The number of carbonyl (C=O) groups excluding carboxylic acids is 6. The number of amides is 5. The first-order valence-corrected chi connectivity index (χ1v) is 14.4. The zero-order chi connectivity index (χ0) is 31.3. The average Bonchev–Trinajstić information content (AvgIpc) is 3.39. The van der Waals surface area contributed by atoms with Crippen molar-refractivity contribution in [3.05, 3.63) is 12.7 Å². The van der Waals surface area contributed by atoms with E-state index in [-0.39, 0.29) is 45.5 Å². The van der Waals surface area contributed by atoms with Crippen molar-refractivity contribution in [3.63, 3.8) is 0 Å². The highest BCUT2D eigenvalue weighted by atomic mass is 16.6. The summed E-state index contributed by atoms with van der Waals surface area (Å²) in [4.78, 5) is 78.2. The predicted octanol–water partition coefficient (Wildman–Crippen LogP) is 1.28. The molecule has 14 nitrogen and oxygen atoms in total. The Bertz CT molecular complexity index is 997. The molecule has 0 saturated carbocycles. The normalized spacial score (nSPS) is 23.6. The molecule has 0 aromatic carbocycles. The van der Waals surface area contributed by atoms with Crippen LogP contribution in [0.2, 0.25) is 0 Å². The van der Waals surface area contributed by atoms with Crippen molar-refractivity contribution in [1.82, 2.24) is 26.2 Å². The Kier molecular flexibility index (Phi) is 13.6. The van der Waals surface area contributed by atoms with Crippen molar-refractivity contribution in [3.8, 4) is 0 Å². The number of nitrogens with one attached hydrogen (secondary N) is 4. The van der Waals surface area contributed by atoms with Gasteiger partial charge in [-0.2, -0.15) is 0 Å². The quantitative estimate of drug-likeness (QED) is 0.200. The van der Waals surface area contributed by atoms with E-state index < -0.39 is 65.7 Å². The molecule has 0 bridgehead atoms. The Morgan fingerprint density at radius 1 is 1.12 bits per heavy atom. The fraction of sp³-hybridized carbons (Fsp3) is 0.714. The Balaban J connectivity index is 2.35. The largest absolute Gasteiger partial charge is 0.450 e. The fourth-order valence-corrected chi connectivity index (χ4v) is 4.74. The highest BCUT2D eigenvalue weighted by molar-refractivity contribution is 5.92. The molecular formula is C28H45N5O9. The first kappa shape index (κ1) is 34.4. The summed E-state index contributed by atoms with van der Waals surface area (Å²) in [5.41, 5.74) is -0.799. The van der Waals surface area contributed by atoms with E-state index in [1.54, 1.807) is 20.8 Å². The van der Waals surface area contributed by atoms with E-state index in [1.807, 2.05) is 0 Å². The van der Waals surface area contributed by atoms with Gasteiger partial charge in [0.05, 0.1) is 12.6 Å². The van der Waals surface area contributed by atoms with E-state index in [1.165, 1.54) is 17.9 Å². The third kappa shape index (κ3) is 11.6. The van der Waals surface area contributed by atoms with Crippen molar-refractivity contribution < 1.29 is 43.0 Å². The molecule has 5 amide bonds. The lowest BCUT2D eigenvalue weighted by Gasteiger charge is -2.32. The molecule has 42 heavy (non-hydrogen) atoms. The number of nitrogens with zero attached hydrogens (tertiary/aromatic N) is 1. The van der Waals surface area contributed by atoms with Gasteiger partial charge < -0.3 is 40.4 Å². The number of hydrogen-bond acceptors (Lipinski definition) is 9. The van der Waals surface area contributed by atoms with E-state index in [0.29, 0.717) is 25.7 Å². The summed E-state index contributed by atoms with van der Waals surface area (Å²) >= 11 is 0. The van der Waals surface area contributed by atoms with Crippen molar-refractivity contribution in [2.45, 2.75) is 102 Å². The number of ether oxygens (including phenoxy) is 3. The highest BCUT2D eigenvalue weighted by Gasteiger charge is 2.40. The van der Waals surface area contributed by atoms with Crippen molar-refractivity contribution in [2.24, 2.45) is 0 Å². The van der Waals surface area contributed by atoms with Gasteiger partial charge in [-0.3, -0.25) is 19.2 Å². The van der Waals surface area contributed by atoms with Gasteiger partial charge in [-0.05, 0) is 65.7 Å². The molecule has 236 valence electrons. The first-order chi connectivity index (χ1) is 19.8. The van der Waals surface area contributed by atoms with Crippen LogP contribution in [0.25, 0.3) is 0 Å². The minimum atomic E-state index is -1.33. The topological polar surface area (TPSA) is 181 Å². The van der Waals surface area contributed by atoms with Gasteiger partial charge in [0.1, 0.15) is 17.7 Å². The lowest BCUT2D eigenvalue weighted by Crippen LogP contribution is -2.58. The van der Waals surface area contributed by atoms with Gasteiger partial charge in [-0.15, -0.1) is 6.58 Å². The molecule has 14 heteroatoms. The van der Waals surface area contributed by atoms with Crippen LogP contribution in [0.3, 0.4) is 0 Å².